The summed E-state index contributed by atoms with van der Waals surface area (Å²) >= 11 is 3.45. The standard InChI is InChI=1S/C13H15BrN2/c1-16(12-4-2-3-5-12)13-7-10(9-15)6-11(14)8-13/h6-8,12H,2-5H2,1H3. The summed E-state index contributed by atoms with van der Waals surface area (Å²) in [6.07, 6.45) is 5.19. The molecule has 0 N–H and O–H groups in total. The molecule has 0 saturated heterocycles. The van der Waals surface area contributed by atoms with Gasteiger partial charge < -0.3 is 4.90 Å². The van der Waals surface area contributed by atoms with E-state index in [1.807, 2.05) is 12.1 Å². The summed E-state index contributed by atoms with van der Waals surface area (Å²) in [6, 6.07) is 8.73. The molecule has 1 aliphatic rings. The Morgan fingerprint density at radius 1 is 1.31 bits per heavy atom. The Hall–Kier alpha value is -1.01. The lowest BCUT2D eigenvalue weighted by atomic mass is 10.1. The first kappa shape index (κ1) is 11.5. The summed E-state index contributed by atoms with van der Waals surface area (Å²) in [5.41, 5.74) is 1.85. The summed E-state index contributed by atoms with van der Waals surface area (Å²) in [4.78, 5) is 2.30. The number of hydrogen-bond acceptors (Lipinski definition) is 2. The van der Waals surface area contributed by atoms with Crippen molar-refractivity contribution in [3.8, 4) is 6.07 Å². The van der Waals surface area contributed by atoms with Gasteiger partial charge in [-0.2, -0.15) is 5.26 Å². The van der Waals surface area contributed by atoms with Gasteiger partial charge in [0.1, 0.15) is 0 Å². The Labute approximate surface area is 105 Å². The third-order valence-electron chi connectivity index (χ3n) is 3.29. The molecule has 1 aromatic rings. The number of halogens is 1. The van der Waals surface area contributed by atoms with Crippen LogP contribution in [0, 0.1) is 11.3 Å². The van der Waals surface area contributed by atoms with E-state index in [9.17, 15) is 0 Å². The van der Waals surface area contributed by atoms with E-state index in [-0.39, 0.29) is 0 Å². The van der Waals surface area contributed by atoms with E-state index in [0.29, 0.717) is 11.6 Å². The molecule has 0 bridgehead atoms. The molecule has 2 rings (SSSR count). The Morgan fingerprint density at radius 3 is 2.62 bits per heavy atom. The van der Waals surface area contributed by atoms with Gasteiger partial charge in [0, 0.05) is 23.2 Å². The maximum Gasteiger partial charge on any atom is 0.0992 e. The molecule has 1 saturated carbocycles. The van der Waals surface area contributed by atoms with E-state index in [4.69, 9.17) is 5.26 Å². The molecule has 0 radical (unpaired) electrons. The zero-order chi connectivity index (χ0) is 11.5. The fourth-order valence-corrected chi connectivity index (χ4v) is 2.83. The minimum Gasteiger partial charge on any atom is -0.372 e. The first-order valence-corrected chi connectivity index (χ1v) is 6.43. The average molecular weight is 279 g/mol. The molecule has 1 aliphatic carbocycles. The highest BCUT2D eigenvalue weighted by molar-refractivity contribution is 9.10. The predicted octanol–water partition coefficient (Wildman–Crippen LogP) is 3.70. The van der Waals surface area contributed by atoms with Gasteiger partial charge in [-0.15, -0.1) is 0 Å². The van der Waals surface area contributed by atoms with Crippen LogP contribution in [0.1, 0.15) is 31.2 Å². The van der Waals surface area contributed by atoms with Crippen molar-refractivity contribution in [1.82, 2.24) is 0 Å². The number of benzene rings is 1. The fraction of sp³-hybridized carbons (Fsp3) is 0.462. The lowest BCUT2D eigenvalue weighted by molar-refractivity contribution is 0.653. The second-order valence-electron chi connectivity index (χ2n) is 4.36. The van der Waals surface area contributed by atoms with Gasteiger partial charge in [0.15, 0.2) is 0 Å². The van der Waals surface area contributed by atoms with E-state index < -0.39 is 0 Å². The smallest absolute Gasteiger partial charge is 0.0992 e. The first-order chi connectivity index (χ1) is 7.70. The van der Waals surface area contributed by atoms with Gasteiger partial charge in [-0.25, -0.2) is 0 Å². The predicted molar refractivity (Wildman–Crippen MR) is 69.5 cm³/mol. The SMILES string of the molecule is CN(c1cc(Br)cc(C#N)c1)C1CCCC1. The van der Waals surface area contributed by atoms with Crippen molar-refractivity contribution in [2.45, 2.75) is 31.7 Å². The molecule has 16 heavy (non-hydrogen) atoms. The summed E-state index contributed by atoms with van der Waals surface area (Å²) in [5, 5.41) is 8.94. The third-order valence-corrected chi connectivity index (χ3v) is 3.75. The van der Waals surface area contributed by atoms with E-state index in [2.05, 4.69) is 40.0 Å². The minimum atomic E-state index is 0.640. The van der Waals surface area contributed by atoms with Crippen molar-refractivity contribution in [3.63, 3.8) is 0 Å². The van der Waals surface area contributed by atoms with Gasteiger partial charge in [0.05, 0.1) is 11.6 Å². The molecule has 0 amide bonds. The Balaban J connectivity index is 2.25. The van der Waals surface area contributed by atoms with Crippen molar-refractivity contribution in [1.29, 1.82) is 5.26 Å². The second-order valence-corrected chi connectivity index (χ2v) is 5.27. The summed E-state index contributed by atoms with van der Waals surface area (Å²) in [5.74, 6) is 0. The highest BCUT2D eigenvalue weighted by Crippen LogP contribution is 2.29. The van der Waals surface area contributed by atoms with E-state index in [1.165, 1.54) is 25.7 Å². The van der Waals surface area contributed by atoms with Crippen LogP contribution >= 0.6 is 15.9 Å². The number of anilines is 1. The average Bonchev–Trinajstić information content (AvgIpc) is 2.80. The molecular formula is C13H15BrN2. The molecule has 0 aliphatic heterocycles. The van der Waals surface area contributed by atoms with Crippen LogP contribution in [-0.4, -0.2) is 13.1 Å². The van der Waals surface area contributed by atoms with Crippen LogP contribution in [0.3, 0.4) is 0 Å². The summed E-state index contributed by atoms with van der Waals surface area (Å²) < 4.78 is 0.978. The van der Waals surface area contributed by atoms with Crippen molar-refractivity contribution < 1.29 is 0 Å². The Bertz CT molecular complexity index is 416. The van der Waals surface area contributed by atoms with Crippen molar-refractivity contribution in [3.05, 3.63) is 28.2 Å². The van der Waals surface area contributed by atoms with Gasteiger partial charge in [-0.05, 0) is 31.0 Å². The largest absolute Gasteiger partial charge is 0.372 e. The summed E-state index contributed by atoms with van der Waals surface area (Å²) in [7, 11) is 2.12. The molecule has 3 heteroatoms. The topological polar surface area (TPSA) is 27.0 Å². The normalized spacial score (nSPS) is 16.1. The van der Waals surface area contributed by atoms with Crippen LogP contribution in [0.5, 0.6) is 0 Å². The van der Waals surface area contributed by atoms with Crippen molar-refractivity contribution in [2.75, 3.05) is 11.9 Å². The zero-order valence-corrected chi connectivity index (χ0v) is 11.0. The van der Waals surface area contributed by atoms with Crippen LogP contribution in [0.25, 0.3) is 0 Å². The second kappa shape index (κ2) is 4.88. The Kier molecular flexibility index (Phi) is 3.50. The molecule has 0 atom stereocenters. The molecule has 0 unspecified atom stereocenters. The van der Waals surface area contributed by atoms with Gasteiger partial charge in [0.25, 0.3) is 0 Å². The number of hydrogen-bond donors (Lipinski definition) is 0. The van der Waals surface area contributed by atoms with Crippen molar-refractivity contribution >= 4 is 21.6 Å². The van der Waals surface area contributed by atoms with E-state index in [0.717, 1.165) is 10.2 Å². The van der Waals surface area contributed by atoms with Gasteiger partial charge >= 0.3 is 0 Å². The molecule has 84 valence electrons. The van der Waals surface area contributed by atoms with E-state index >= 15 is 0 Å². The lowest BCUT2D eigenvalue weighted by Crippen LogP contribution is -2.28. The molecule has 0 aromatic heterocycles. The minimum absolute atomic E-state index is 0.640. The monoisotopic (exact) mass is 278 g/mol. The van der Waals surface area contributed by atoms with Crippen LogP contribution in [0.4, 0.5) is 5.69 Å². The maximum atomic E-state index is 8.94. The van der Waals surface area contributed by atoms with E-state index in [1.54, 1.807) is 0 Å². The van der Waals surface area contributed by atoms with Crippen LogP contribution in [0.15, 0.2) is 22.7 Å². The van der Waals surface area contributed by atoms with Gasteiger partial charge in [-0.3, -0.25) is 0 Å². The lowest BCUT2D eigenvalue weighted by Gasteiger charge is -2.26. The third kappa shape index (κ3) is 2.38. The first-order valence-electron chi connectivity index (χ1n) is 5.64. The van der Waals surface area contributed by atoms with Crippen LogP contribution < -0.4 is 4.90 Å². The molecule has 1 aromatic carbocycles. The Morgan fingerprint density at radius 2 is 2.00 bits per heavy atom. The summed E-state index contributed by atoms with van der Waals surface area (Å²) in [6.45, 7) is 0. The number of nitrogens with zero attached hydrogens (tertiary/aromatic N) is 2. The number of nitriles is 1. The van der Waals surface area contributed by atoms with Gasteiger partial charge in [-0.1, -0.05) is 28.8 Å². The quantitative estimate of drug-likeness (QED) is 0.825. The molecule has 0 heterocycles. The molecular weight excluding hydrogens is 264 g/mol. The fourth-order valence-electron chi connectivity index (χ4n) is 2.34. The molecule has 1 fully saturated rings. The maximum absolute atomic E-state index is 8.94. The van der Waals surface area contributed by atoms with Crippen molar-refractivity contribution in [2.24, 2.45) is 0 Å². The molecule has 0 spiro atoms. The van der Waals surface area contributed by atoms with Crippen LogP contribution in [-0.2, 0) is 0 Å². The number of rotatable bonds is 2. The zero-order valence-electron chi connectivity index (χ0n) is 9.41. The highest BCUT2D eigenvalue weighted by atomic mass is 79.9. The van der Waals surface area contributed by atoms with Crippen LogP contribution in [0.2, 0.25) is 0 Å². The molecule has 2 nitrogen and oxygen atoms in total. The highest BCUT2D eigenvalue weighted by Gasteiger charge is 2.20. The van der Waals surface area contributed by atoms with Gasteiger partial charge in [0.2, 0.25) is 0 Å².